The molecule has 1 aromatic heterocycles. The van der Waals surface area contributed by atoms with Gasteiger partial charge in [0.2, 0.25) is 11.8 Å². The van der Waals surface area contributed by atoms with Crippen LogP contribution in [-0.4, -0.2) is 40.6 Å². The largest absolute Gasteiger partial charge is 0.356 e. The van der Waals surface area contributed by atoms with Crippen molar-refractivity contribution in [2.24, 2.45) is 11.8 Å². The molecule has 0 radical (unpaired) electrons. The standard InChI is InChI=1S/C17H26N4O2/c1-11(17-19-15(20-23-17)13-6-7-13)21-8-2-3-14(10-21)16(22)18-9-12-4-5-12/h11-14H,2-10H2,1H3,(H,18,22). The second kappa shape index (κ2) is 6.23. The van der Waals surface area contributed by atoms with E-state index in [4.69, 9.17) is 4.52 Å². The predicted molar refractivity (Wildman–Crippen MR) is 84.7 cm³/mol. The summed E-state index contributed by atoms with van der Waals surface area (Å²) in [5.74, 6) is 3.13. The van der Waals surface area contributed by atoms with Crippen LogP contribution in [-0.2, 0) is 4.79 Å². The average Bonchev–Trinajstić information content (AvgIpc) is 3.51. The molecule has 4 rings (SSSR count). The average molecular weight is 318 g/mol. The number of hydrogen-bond donors (Lipinski definition) is 1. The van der Waals surface area contributed by atoms with Crippen LogP contribution in [0.2, 0.25) is 0 Å². The Labute approximate surface area is 137 Å². The molecule has 2 aliphatic carbocycles. The van der Waals surface area contributed by atoms with Crippen molar-refractivity contribution in [3.8, 4) is 0 Å². The second-order valence-electron chi connectivity index (χ2n) is 7.46. The van der Waals surface area contributed by atoms with Gasteiger partial charge < -0.3 is 9.84 Å². The number of nitrogens with one attached hydrogen (secondary N) is 1. The highest BCUT2D eigenvalue weighted by Gasteiger charge is 2.33. The summed E-state index contributed by atoms with van der Waals surface area (Å²) >= 11 is 0. The lowest BCUT2D eigenvalue weighted by molar-refractivity contribution is -0.127. The Morgan fingerprint density at radius 2 is 2.17 bits per heavy atom. The van der Waals surface area contributed by atoms with Crippen LogP contribution in [0.5, 0.6) is 0 Å². The number of hydrogen-bond acceptors (Lipinski definition) is 5. The first kappa shape index (κ1) is 15.1. The van der Waals surface area contributed by atoms with Gasteiger partial charge in [-0.05, 0) is 57.9 Å². The van der Waals surface area contributed by atoms with Crippen molar-refractivity contribution in [1.82, 2.24) is 20.4 Å². The van der Waals surface area contributed by atoms with Crippen LogP contribution in [0.15, 0.2) is 4.52 Å². The number of nitrogens with zero attached hydrogens (tertiary/aromatic N) is 3. The minimum Gasteiger partial charge on any atom is -0.356 e. The maximum absolute atomic E-state index is 12.3. The summed E-state index contributed by atoms with van der Waals surface area (Å²) in [6, 6.07) is 0.0917. The fourth-order valence-electron chi connectivity index (χ4n) is 3.36. The lowest BCUT2D eigenvalue weighted by Gasteiger charge is -2.34. The minimum atomic E-state index is 0.0917. The van der Waals surface area contributed by atoms with Crippen LogP contribution in [0.4, 0.5) is 0 Å². The fraction of sp³-hybridized carbons (Fsp3) is 0.824. The van der Waals surface area contributed by atoms with Crippen LogP contribution in [0.3, 0.4) is 0 Å². The Kier molecular flexibility index (Phi) is 4.09. The van der Waals surface area contributed by atoms with Gasteiger partial charge in [0, 0.05) is 19.0 Å². The van der Waals surface area contributed by atoms with E-state index < -0.39 is 0 Å². The third kappa shape index (κ3) is 3.57. The topological polar surface area (TPSA) is 71.3 Å². The molecule has 6 heteroatoms. The van der Waals surface area contributed by atoms with Gasteiger partial charge >= 0.3 is 0 Å². The van der Waals surface area contributed by atoms with E-state index in [1.807, 2.05) is 0 Å². The number of carbonyl (C=O) groups is 1. The zero-order valence-corrected chi connectivity index (χ0v) is 13.8. The first-order chi connectivity index (χ1) is 11.2. The lowest BCUT2D eigenvalue weighted by Crippen LogP contribution is -2.44. The van der Waals surface area contributed by atoms with Crippen molar-refractivity contribution < 1.29 is 9.32 Å². The molecule has 3 aliphatic rings. The zero-order valence-electron chi connectivity index (χ0n) is 13.8. The number of rotatable bonds is 6. The van der Waals surface area contributed by atoms with Gasteiger partial charge in [0.1, 0.15) is 0 Å². The Morgan fingerprint density at radius 1 is 1.35 bits per heavy atom. The molecule has 3 fully saturated rings. The van der Waals surface area contributed by atoms with Gasteiger partial charge in [0.25, 0.3) is 0 Å². The van der Waals surface area contributed by atoms with Crippen molar-refractivity contribution in [2.45, 2.75) is 57.4 Å². The summed E-state index contributed by atoms with van der Waals surface area (Å²) < 4.78 is 5.46. The smallest absolute Gasteiger partial charge is 0.243 e. The number of carbonyl (C=O) groups excluding carboxylic acids is 1. The van der Waals surface area contributed by atoms with Crippen LogP contribution < -0.4 is 5.32 Å². The zero-order chi connectivity index (χ0) is 15.8. The molecule has 2 atom stereocenters. The highest BCUT2D eigenvalue weighted by molar-refractivity contribution is 5.79. The molecule has 0 spiro atoms. The summed E-state index contributed by atoms with van der Waals surface area (Å²) in [6.07, 6.45) is 6.94. The summed E-state index contributed by atoms with van der Waals surface area (Å²) in [4.78, 5) is 19.2. The summed E-state index contributed by atoms with van der Waals surface area (Å²) in [5.41, 5.74) is 0. The monoisotopic (exact) mass is 318 g/mol. The summed E-state index contributed by atoms with van der Waals surface area (Å²) in [7, 11) is 0. The SMILES string of the molecule is CC(c1nc(C2CC2)no1)N1CCCC(C(=O)NCC2CC2)C1. The van der Waals surface area contributed by atoms with Gasteiger partial charge in [-0.1, -0.05) is 5.16 Å². The van der Waals surface area contributed by atoms with Gasteiger partial charge in [-0.3, -0.25) is 9.69 Å². The van der Waals surface area contributed by atoms with Gasteiger partial charge in [-0.2, -0.15) is 4.98 Å². The molecule has 2 unspecified atom stereocenters. The van der Waals surface area contributed by atoms with Crippen LogP contribution in [0, 0.1) is 11.8 Å². The molecule has 0 aromatic carbocycles. The second-order valence-corrected chi connectivity index (χ2v) is 7.46. The highest BCUT2D eigenvalue weighted by Crippen LogP contribution is 2.39. The molecule has 126 valence electrons. The first-order valence-corrected chi connectivity index (χ1v) is 9.06. The van der Waals surface area contributed by atoms with Crippen LogP contribution in [0.1, 0.15) is 69.1 Å². The van der Waals surface area contributed by atoms with E-state index in [0.717, 1.165) is 44.2 Å². The molecule has 1 aliphatic heterocycles. The van der Waals surface area contributed by atoms with Crippen molar-refractivity contribution in [3.05, 3.63) is 11.7 Å². The number of amides is 1. The van der Waals surface area contributed by atoms with E-state index in [-0.39, 0.29) is 17.9 Å². The molecule has 23 heavy (non-hydrogen) atoms. The van der Waals surface area contributed by atoms with Crippen molar-refractivity contribution in [2.75, 3.05) is 19.6 Å². The maximum Gasteiger partial charge on any atom is 0.243 e. The van der Waals surface area contributed by atoms with Crippen molar-refractivity contribution in [3.63, 3.8) is 0 Å². The molecule has 2 heterocycles. The molecule has 1 saturated heterocycles. The van der Waals surface area contributed by atoms with Crippen molar-refractivity contribution in [1.29, 1.82) is 0 Å². The van der Waals surface area contributed by atoms with Gasteiger partial charge in [-0.15, -0.1) is 0 Å². The molecule has 2 saturated carbocycles. The van der Waals surface area contributed by atoms with Crippen LogP contribution in [0.25, 0.3) is 0 Å². The number of piperidine rings is 1. The van der Waals surface area contributed by atoms with Gasteiger partial charge in [0.15, 0.2) is 5.82 Å². The summed E-state index contributed by atoms with van der Waals surface area (Å²) in [5, 5.41) is 7.24. The van der Waals surface area contributed by atoms with E-state index in [9.17, 15) is 4.79 Å². The molecule has 1 N–H and O–H groups in total. The van der Waals surface area contributed by atoms with E-state index in [1.54, 1.807) is 0 Å². The van der Waals surface area contributed by atoms with E-state index in [0.29, 0.717) is 11.8 Å². The van der Waals surface area contributed by atoms with E-state index in [2.05, 4.69) is 27.3 Å². The molecule has 0 bridgehead atoms. The summed E-state index contributed by atoms with van der Waals surface area (Å²) in [6.45, 7) is 4.75. The normalized spacial score (nSPS) is 26.9. The number of aromatic nitrogens is 2. The Morgan fingerprint density at radius 3 is 2.91 bits per heavy atom. The lowest BCUT2D eigenvalue weighted by atomic mass is 9.96. The van der Waals surface area contributed by atoms with Crippen molar-refractivity contribution >= 4 is 5.91 Å². The molecular weight excluding hydrogens is 292 g/mol. The Hall–Kier alpha value is -1.43. The third-order valence-electron chi connectivity index (χ3n) is 5.39. The molecular formula is C17H26N4O2. The molecule has 1 aromatic rings. The van der Waals surface area contributed by atoms with E-state index >= 15 is 0 Å². The molecule has 1 amide bonds. The van der Waals surface area contributed by atoms with Crippen LogP contribution >= 0.6 is 0 Å². The Balaban J connectivity index is 1.34. The predicted octanol–water partition coefficient (Wildman–Crippen LogP) is 2.25. The fourth-order valence-corrected chi connectivity index (χ4v) is 3.36. The number of likely N-dealkylation sites (tertiary alicyclic amines) is 1. The van der Waals surface area contributed by atoms with E-state index in [1.165, 1.54) is 25.7 Å². The van der Waals surface area contributed by atoms with Gasteiger partial charge in [0.05, 0.1) is 12.0 Å². The minimum absolute atomic E-state index is 0.0917. The Bertz CT molecular complexity index is 565. The first-order valence-electron chi connectivity index (χ1n) is 9.06. The highest BCUT2D eigenvalue weighted by atomic mass is 16.5. The van der Waals surface area contributed by atoms with Gasteiger partial charge in [-0.25, -0.2) is 0 Å². The molecule has 6 nitrogen and oxygen atoms in total. The third-order valence-corrected chi connectivity index (χ3v) is 5.39. The maximum atomic E-state index is 12.3. The quantitative estimate of drug-likeness (QED) is 0.871.